The highest BCUT2D eigenvalue weighted by Crippen LogP contribution is 2.30. The van der Waals surface area contributed by atoms with E-state index in [4.69, 9.17) is 64.8 Å². The van der Waals surface area contributed by atoms with Crippen molar-refractivity contribution in [2.75, 3.05) is 152 Å². The molecular weight excluding hydrogens is 1030 g/mol. The Labute approximate surface area is 437 Å². The number of halogens is 3. The number of ether oxygens (including phenoxy) is 7. The molecule has 4 aliphatic rings. The Bertz CT molecular complexity index is 2210. The summed E-state index contributed by atoms with van der Waals surface area (Å²) in [5.41, 5.74) is 0.852. The van der Waals surface area contributed by atoms with E-state index >= 15 is 0 Å². The molecule has 0 spiro atoms. The van der Waals surface area contributed by atoms with Gasteiger partial charge < -0.3 is 68.5 Å². The lowest BCUT2D eigenvalue weighted by Crippen LogP contribution is -2.50. The van der Waals surface area contributed by atoms with Crippen molar-refractivity contribution in [1.82, 2.24) is 20.4 Å². The molecule has 0 aromatic heterocycles. The van der Waals surface area contributed by atoms with Crippen molar-refractivity contribution >= 4 is 104 Å². The van der Waals surface area contributed by atoms with Crippen LogP contribution in [0.4, 0.5) is 50.7 Å². The van der Waals surface area contributed by atoms with E-state index in [1.54, 1.807) is 34.1 Å². The van der Waals surface area contributed by atoms with Gasteiger partial charge >= 0.3 is 23.8 Å². The average Bonchev–Trinajstić information content (AvgIpc) is 3.97. The second-order valence-electron chi connectivity index (χ2n) is 16.2. The number of thiocarbonyl (C=S) groups is 2. The van der Waals surface area contributed by atoms with Crippen molar-refractivity contribution in [3.63, 3.8) is 0 Å². The van der Waals surface area contributed by atoms with Gasteiger partial charge in [-0.1, -0.05) is 38.3 Å². The van der Waals surface area contributed by atoms with Crippen LogP contribution in [0.15, 0.2) is 36.4 Å². The maximum atomic E-state index is 15.0. The second kappa shape index (κ2) is 31.0. The van der Waals surface area contributed by atoms with Gasteiger partial charge in [0.1, 0.15) is 43.7 Å². The number of hydrogen-bond donors (Lipinski definition) is 3. The molecule has 3 N–H and O–H groups in total. The average molecular weight is 1090 g/mol. The Hall–Kier alpha value is -5.93. The number of cyclic esters (lactones) is 2. The highest BCUT2D eigenvalue weighted by Gasteiger charge is 2.35. The summed E-state index contributed by atoms with van der Waals surface area (Å²) < 4.78 is 63.6. The Morgan fingerprint density at radius 3 is 1.48 bits per heavy atom. The largest absolute Gasteiger partial charge is 0.508 e. The normalized spacial score (nSPS) is 17.3. The number of carbonyl (C=O) groups is 6. The Morgan fingerprint density at radius 2 is 1.10 bits per heavy atom. The monoisotopic (exact) mass is 1090 g/mol. The van der Waals surface area contributed by atoms with Gasteiger partial charge in [-0.3, -0.25) is 19.4 Å². The van der Waals surface area contributed by atoms with E-state index in [0.29, 0.717) is 124 Å². The number of aliphatic hydroxyl groups excluding tert-OH is 1. The van der Waals surface area contributed by atoms with Crippen LogP contribution in [0.5, 0.6) is 0 Å². The van der Waals surface area contributed by atoms with Gasteiger partial charge in [-0.25, -0.2) is 28.0 Å². The van der Waals surface area contributed by atoms with E-state index < -0.39 is 48.6 Å². The summed E-state index contributed by atoms with van der Waals surface area (Å²) >= 11 is 15.0. The number of amides is 4. The van der Waals surface area contributed by atoms with Crippen molar-refractivity contribution in [3.8, 4) is 0 Å². The van der Waals surface area contributed by atoms with Gasteiger partial charge in [-0.15, -0.1) is 0 Å². The summed E-state index contributed by atoms with van der Waals surface area (Å²) in [6, 6.07) is 9.26. The molecule has 0 unspecified atom stereocenters. The maximum Gasteiger partial charge on any atom is 0.508 e. The lowest BCUT2D eigenvalue weighted by Gasteiger charge is -2.36. The summed E-state index contributed by atoms with van der Waals surface area (Å²) in [5.74, 6) is -1.59. The van der Waals surface area contributed by atoms with Gasteiger partial charge in [0.15, 0.2) is 6.61 Å². The summed E-state index contributed by atoms with van der Waals surface area (Å²) in [6.07, 6.45) is -1.30. The van der Waals surface area contributed by atoms with Crippen LogP contribution in [-0.2, 0) is 42.7 Å². The van der Waals surface area contributed by atoms with E-state index in [2.05, 4.69) is 20.1 Å². The number of rotatable bonds is 19. The van der Waals surface area contributed by atoms with Crippen molar-refractivity contribution < 1.29 is 75.8 Å². The van der Waals surface area contributed by atoms with Gasteiger partial charge in [0, 0.05) is 78.2 Å². The van der Waals surface area contributed by atoms with Crippen LogP contribution in [0.3, 0.4) is 0 Å². The highest BCUT2D eigenvalue weighted by atomic mass is 35.5. The standard InChI is InChI=1S/C23H31FN4O7S.C19H25FN4O4S.C4H7ClO3/c1-3-20(36)25-13-17-14-28(22(30)35-17)16-4-5-19(18(24)12-16)26-6-8-27(9-7-26)21(29)15-34-23(31)33-11-10-32-2;1-2-17(29)21-10-14-11-24(19(27)28-14)13-3-4-16(15(20)9-13)22-5-7-23(8-6-22)18(26)12-25;1-7-2-3-8-4(5)6/h4-5,12,17H,3,6-11,13-15H2,1-2H3,(H,25,36);3-4,9,14,25H,2,5-8,10-12H2,1H3,(H,21,29);2-3H2,1H3/t17-;14-;/m00./s1. The number of piperazine rings is 2. The number of hydrogen-bond acceptors (Lipinski definition) is 18. The smallest absolute Gasteiger partial charge is 0.451 e. The van der Waals surface area contributed by atoms with Crippen LogP contribution in [0, 0.1) is 11.6 Å². The first kappa shape index (κ1) is 59.6. The minimum Gasteiger partial charge on any atom is -0.451 e. The second-order valence-corrected chi connectivity index (χ2v) is 17.5. The molecule has 0 saturated carbocycles. The molecule has 2 aromatic carbocycles. The SMILES string of the molecule is CCC(=S)NC[C@H]1CN(c2ccc(N3CCN(C(=O)CO)CC3)c(F)c2)C(=O)O1.CCC(=S)NC[C@H]1CN(c2ccc(N3CCN(C(=O)COC(=O)OCCOC)CC3)c(F)c2)C(=O)O1.COCCOC(=O)Cl. The van der Waals surface area contributed by atoms with E-state index in [1.165, 1.54) is 36.2 Å². The van der Waals surface area contributed by atoms with Gasteiger partial charge in [0.2, 0.25) is 5.91 Å². The van der Waals surface area contributed by atoms with Crippen LogP contribution in [0.1, 0.15) is 26.7 Å². The quantitative estimate of drug-likeness (QED) is 0.0592. The molecule has 0 radical (unpaired) electrons. The molecule has 4 aliphatic heterocycles. The molecular formula is C46H63ClF2N8O14S2. The molecule has 4 saturated heterocycles. The van der Waals surface area contributed by atoms with Crippen LogP contribution >= 0.6 is 36.0 Å². The van der Waals surface area contributed by atoms with Gasteiger partial charge in [0.25, 0.3) is 5.91 Å². The zero-order chi connectivity index (χ0) is 53.5. The molecule has 27 heteroatoms. The van der Waals surface area contributed by atoms with E-state index in [0.717, 1.165) is 6.42 Å². The van der Waals surface area contributed by atoms with Gasteiger partial charge in [-0.2, -0.15) is 0 Å². The Kier molecular flexibility index (Phi) is 25.3. The van der Waals surface area contributed by atoms with Gasteiger partial charge in [-0.05, 0) is 49.2 Å². The highest BCUT2D eigenvalue weighted by molar-refractivity contribution is 7.80. The van der Waals surface area contributed by atoms with Crippen molar-refractivity contribution in [3.05, 3.63) is 48.0 Å². The zero-order valence-corrected chi connectivity index (χ0v) is 43.5. The topological polar surface area (TPSA) is 231 Å². The summed E-state index contributed by atoms with van der Waals surface area (Å²) in [4.78, 5) is 80.5. The fraction of sp³-hybridized carbons (Fsp3) is 0.565. The fourth-order valence-corrected chi connectivity index (χ4v) is 7.63. The third kappa shape index (κ3) is 19.1. The molecule has 404 valence electrons. The molecule has 0 bridgehead atoms. The molecule has 6 rings (SSSR count). The van der Waals surface area contributed by atoms with E-state index in [9.17, 15) is 37.5 Å². The first-order chi connectivity index (χ1) is 35.0. The summed E-state index contributed by atoms with van der Waals surface area (Å²) in [6.45, 7) is 8.52. The predicted molar refractivity (Wildman–Crippen MR) is 273 cm³/mol. The van der Waals surface area contributed by atoms with Gasteiger partial charge in [0.05, 0.1) is 72.1 Å². The number of aliphatic hydroxyl groups is 1. The lowest BCUT2D eigenvalue weighted by atomic mass is 10.2. The molecule has 2 atom stereocenters. The van der Waals surface area contributed by atoms with Crippen LogP contribution < -0.4 is 30.2 Å². The fourth-order valence-electron chi connectivity index (χ4n) is 7.38. The molecule has 2 aromatic rings. The van der Waals surface area contributed by atoms with Crippen molar-refractivity contribution in [2.24, 2.45) is 0 Å². The lowest BCUT2D eigenvalue weighted by molar-refractivity contribution is -0.135. The van der Waals surface area contributed by atoms with Crippen molar-refractivity contribution in [2.45, 2.75) is 38.9 Å². The number of nitrogens with zero attached hydrogens (tertiary/aromatic N) is 6. The minimum atomic E-state index is -0.935. The third-order valence-corrected chi connectivity index (χ3v) is 12.3. The number of nitrogens with one attached hydrogen (secondary N) is 2. The zero-order valence-electron chi connectivity index (χ0n) is 41.1. The van der Waals surface area contributed by atoms with Crippen LogP contribution in [0.2, 0.25) is 0 Å². The number of anilines is 4. The number of carbonyl (C=O) groups excluding carboxylic acids is 6. The predicted octanol–water partition coefficient (Wildman–Crippen LogP) is 4.05. The Morgan fingerprint density at radius 1 is 0.671 bits per heavy atom. The molecule has 4 fully saturated rings. The van der Waals surface area contributed by atoms with Crippen LogP contribution in [-0.4, -0.2) is 205 Å². The summed E-state index contributed by atoms with van der Waals surface area (Å²) in [7, 11) is 2.99. The van der Waals surface area contributed by atoms with E-state index in [-0.39, 0.29) is 43.8 Å². The third-order valence-electron chi connectivity index (χ3n) is 11.3. The van der Waals surface area contributed by atoms with Crippen LogP contribution in [0.25, 0.3) is 0 Å². The summed E-state index contributed by atoms with van der Waals surface area (Å²) in [5, 5.41) is 15.0. The number of benzene rings is 2. The van der Waals surface area contributed by atoms with E-state index in [1.807, 2.05) is 23.6 Å². The molecule has 4 amide bonds. The molecule has 73 heavy (non-hydrogen) atoms. The minimum absolute atomic E-state index is 0.0386. The molecule has 22 nitrogen and oxygen atoms in total. The number of methoxy groups -OCH3 is 2. The van der Waals surface area contributed by atoms with Crippen molar-refractivity contribution in [1.29, 1.82) is 0 Å². The first-order valence-corrected chi connectivity index (χ1v) is 24.6. The molecule has 4 heterocycles. The Balaban J connectivity index is 0.000000280. The maximum absolute atomic E-state index is 15.0. The first-order valence-electron chi connectivity index (χ1n) is 23.4. The molecule has 0 aliphatic carbocycles.